The molecule has 1 aromatic rings. The van der Waals surface area contributed by atoms with E-state index in [4.69, 9.17) is 0 Å². The van der Waals surface area contributed by atoms with Gasteiger partial charge in [-0.25, -0.2) is 0 Å². The Morgan fingerprint density at radius 1 is 1.50 bits per heavy atom. The van der Waals surface area contributed by atoms with E-state index in [-0.39, 0.29) is 5.91 Å². The number of nitrogens with zero attached hydrogens (tertiary/aromatic N) is 1. The summed E-state index contributed by atoms with van der Waals surface area (Å²) in [6, 6.07) is 8.81. The van der Waals surface area contributed by atoms with Crippen molar-refractivity contribution in [3.63, 3.8) is 0 Å². The molecule has 0 spiro atoms. The van der Waals surface area contributed by atoms with Gasteiger partial charge in [0.1, 0.15) is 0 Å². The Morgan fingerprint density at radius 2 is 2.28 bits per heavy atom. The molecule has 1 aliphatic rings. The van der Waals surface area contributed by atoms with Gasteiger partial charge in [0.15, 0.2) is 0 Å². The van der Waals surface area contributed by atoms with E-state index in [0.717, 1.165) is 17.4 Å². The molecule has 0 bridgehead atoms. The highest BCUT2D eigenvalue weighted by Crippen LogP contribution is 2.18. The molecule has 4 heteroatoms. The van der Waals surface area contributed by atoms with Crippen LogP contribution in [0.4, 0.5) is 0 Å². The molecular formula is C14H19BrN2O. The van der Waals surface area contributed by atoms with Gasteiger partial charge in [0.05, 0.1) is 6.54 Å². The molecule has 2 rings (SSSR count). The second-order valence-corrected chi connectivity index (χ2v) is 5.77. The number of carbonyl (C=O) groups excluding carboxylic acids is 1. The predicted molar refractivity (Wildman–Crippen MR) is 76.5 cm³/mol. The SMILES string of the molecule is CN(CCc1cccc(Br)c1)C(=O)CNC1CC1. The normalized spacial score (nSPS) is 14.6. The molecule has 0 aliphatic heterocycles. The van der Waals surface area contributed by atoms with Crippen LogP contribution in [0.5, 0.6) is 0 Å². The summed E-state index contributed by atoms with van der Waals surface area (Å²) in [6.45, 7) is 1.24. The van der Waals surface area contributed by atoms with Crippen molar-refractivity contribution >= 4 is 21.8 Å². The topological polar surface area (TPSA) is 32.3 Å². The van der Waals surface area contributed by atoms with Crippen LogP contribution < -0.4 is 5.32 Å². The standard InChI is InChI=1S/C14H19BrN2O/c1-17(14(18)10-16-13-5-6-13)8-7-11-3-2-4-12(15)9-11/h2-4,9,13,16H,5-8,10H2,1H3. The number of amides is 1. The molecule has 0 unspecified atom stereocenters. The molecule has 0 atom stereocenters. The minimum atomic E-state index is 0.178. The summed E-state index contributed by atoms with van der Waals surface area (Å²) in [7, 11) is 1.87. The van der Waals surface area contributed by atoms with Gasteiger partial charge in [0.2, 0.25) is 5.91 Å². The number of rotatable bonds is 6. The molecule has 18 heavy (non-hydrogen) atoms. The third kappa shape index (κ3) is 4.42. The maximum absolute atomic E-state index is 11.8. The van der Waals surface area contributed by atoms with Crippen LogP contribution >= 0.6 is 15.9 Å². The molecule has 1 fully saturated rings. The number of carbonyl (C=O) groups is 1. The summed E-state index contributed by atoms with van der Waals surface area (Å²) in [5.41, 5.74) is 1.25. The minimum Gasteiger partial charge on any atom is -0.344 e. The predicted octanol–water partition coefficient (Wildman–Crippen LogP) is 2.20. The number of nitrogens with one attached hydrogen (secondary N) is 1. The van der Waals surface area contributed by atoms with Crippen molar-refractivity contribution < 1.29 is 4.79 Å². The third-order valence-corrected chi connectivity index (χ3v) is 3.66. The first kappa shape index (κ1) is 13.6. The first-order valence-corrected chi connectivity index (χ1v) is 7.16. The molecular weight excluding hydrogens is 292 g/mol. The van der Waals surface area contributed by atoms with Crippen molar-refractivity contribution in [1.82, 2.24) is 10.2 Å². The lowest BCUT2D eigenvalue weighted by atomic mass is 10.1. The fourth-order valence-corrected chi connectivity index (χ4v) is 2.21. The molecule has 1 N–H and O–H groups in total. The monoisotopic (exact) mass is 310 g/mol. The highest BCUT2D eigenvalue weighted by molar-refractivity contribution is 9.10. The maximum atomic E-state index is 11.8. The van der Waals surface area contributed by atoms with Crippen LogP contribution in [0.15, 0.2) is 28.7 Å². The zero-order chi connectivity index (χ0) is 13.0. The molecule has 1 aliphatic carbocycles. The summed E-state index contributed by atoms with van der Waals surface area (Å²) in [4.78, 5) is 13.6. The molecule has 0 heterocycles. The Hall–Kier alpha value is -0.870. The average molecular weight is 311 g/mol. The van der Waals surface area contributed by atoms with E-state index in [0.29, 0.717) is 12.6 Å². The summed E-state index contributed by atoms with van der Waals surface area (Å²) in [5.74, 6) is 0.178. The van der Waals surface area contributed by atoms with E-state index in [1.54, 1.807) is 4.90 Å². The maximum Gasteiger partial charge on any atom is 0.236 e. The molecule has 0 saturated heterocycles. The lowest BCUT2D eigenvalue weighted by Gasteiger charge is -2.17. The number of hydrogen-bond donors (Lipinski definition) is 1. The zero-order valence-corrected chi connectivity index (χ0v) is 12.2. The molecule has 0 aromatic heterocycles. The molecule has 98 valence electrons. The van der Waals surface area contributed by atoms with Crippen molar-refractivity contribution in [2.75, 3.05) is 20.1 Å². The van der Waals surface area contributed by atoms with Crippen molar-refractivity contribution in [2.24, 2.45) is 0 Å². The molecule has 3 nitrogen and oxygen atoms in total. The first-order valence-electron chi connectivity index (χ1n) is 6.37. The highest BCUT2D eigenvalue weighted by Gasteiger charge is 2.21. The second kappa shape index (κ2) is 6.34. The van der Waals surface area contributed by atoms with Gasteiger partial charge in [-0.2, -0.15) is 0 Å². The van der Waals surface area contributed by atoms with Gasteiger partial charge in [0.25, 0.3) is 0 Å². The van der Waals surface area contributed by atoms with Gasteiger partial charge in [-0.05, 0) is 37.0 Å². The van der Waals surface area contributed by atoms with E-state index >= 15 is 0 Å². The Bertz CT molecular complexity index is 418. The average Bonchev–Trinajstić information content (AvgIpc) is 3.17. The number of halogens is 1. The molecule has 1 aromatic carbocycles. The van der Waals surface area contributed by atoms with Crippen LogP contribution in [0.3, 0.4) is 0 Å². The van der Waals surface area contributed by atoms with Gasteiger partial charge in [-0.15, -0.1) is 0 Å². The zero-order valence-electron chi connectivity index (χ0n) is 10.7. The van der Waals surface area contributed by atoms with Crippen molar-refractivity contribution in [2.45, 2.75) is 25.3 Å². The molecule has 1 saturated carbocycles. The van der Waals surface area contributed by atoms with E-state index in [2.05, 4.69) is 33.4 Å². The van der Waals surface area contributed by atoms with E-state index in [9.17, 15) is 4.79 Å². The van der Waals surface area contributed by atoms with Gasteiger partial charge >= 0.3 is 0 Å². The van der Waals surface area contributed by atoms with E-state index in [1.165, 1.54) is 18.4 Å². The van der Waals surface area contributed by atoms with Crippen LogP contribution in [0.2, 0.25) is 0 Å². The van der Waals surface area contributed by atoms with Gasteiger partial charge in [0, 0.05) is 24.1 Å². The van der Waals surface area contributed by atoms with Crippen LogP contribution in [-0.2, 0) is 11.2 Å². The summed E-state index contributed by atoms with van der Waals surface area (Å²) in [6.07, 6.45) is 3.33. The first-order chi connectivity index (χ1) is 8.65. The quantitative estimate of drug-likeness (QED) is 0.873. The lowest BCUT2D eigenvalue weighted by Crippen LogP contribution is -2.37. The third-order valence-electron chi connectivity index (χ3n) is 3.17. The molecule has 0 radical (unpaired) electrons. The van der Waals surface area contributed by atoms with Gasteiger partial charge < -0.3 is 10.2 Å². The fourth-order valence-electron chi connectivity index (χ4n) is 1.77. The Labute approximate surface area is 117 Å². The number of likely N-dealkylation sites (N-methyl/N-ethyl adjacent to an activating group) is 1. The Kier molecular flexibility index (Phi) is 4.78. The molecule has 1 amide bonds. The Morgan fingerprint density at radius 3 is 2.94 bits per heavy atom. The van der Waals surface area contributed by atoms with E-state index < -0.39 is 0 Å². The second-order valence-electron chi connectivity index (χ2n) is 4.85. The van der Waals surface area contributed by atoms with Crippen molar-refractivity contribution in [1.29, 1.82) is 0 Å². The smallest absolute Gasteiger partial charge is 0.236 e. The summed E-state index contributed by atoms with van der Waals surface area (Å²) in [5, 5.41) is 3.25. The van der Waals surface area contributed by atoms with E-state index in [1.807, 2.05) is 19.2 Å². The number of benzene rings is 1. The Balaban J connectivity index is 1.72. The van der Waals surface area contributed by atoms with Crippen LogP contribution in [-0.4, -0.2) is 37.0 Å². The largest absolute Gasteiger partial charge is 0.344 e. The van der Waals surface area contributed by atoms with Crippen LogP contribution in [0.25, 0.3) is 0 Å². The van der Waals surface area contributed by atoms with Gasteiger partial charge in [-0.1, -0.05) is 28.1 Å². The van der Waals surface area contributed by atoms with Gasteiger partial charge in [-0.3, -0.25) is 4.79 Å². The fraction of sp³-hybridized carbons (Fsp3) is 0.500. The van der Waals surface area contributed by atoms with Crippen molar-refractivity contribution in [3.05, 3.63) is 34.3 Å². The van der Waals surface area contributed by atoms with Crippen LogP contribution in [0.1, 0.15) is 18.4 Å². The minimum absolute atomic E-state index is 0.178. The highest BCUT2D eigenvalue weighted by atomic mass is 79.9. The summed E-state index contributed by atoms with van der Waals surface area (Å²) >= 11 is 3.46. The number of hydrogen-bond acceptors (Lipinski definition) is 2. The lowest BCUT2D eigenvalue weighted by molar-refractivity contribution is -0.128. The van der Waals surface area contributed by atoms with Crippen molar-refractivity contribution in [3.8, 4) is 0 Å². The summed E-state index contributed by atoms with van der Waals surface area (Å²) < 4.78 is 1.09. The van der Waals surface area contributed by atoms with Crippen LogP contribution in [0, 0.1) is 0 Å².